The first-order valence-corrected chi connectivity index (χ1v) is 10.2. The Bertz CT molecular complexity index is 898. The number of benzene rings is 3. The van der Waals surface area contributed by atoms with Crippen molar-refractivity contribution >= 4 is 11.8 Å². The van der Waals surface area contributed by atoms with Crippen molar-refractivity contribution < 1.29 is 4.74 Å². The maximum atomic E-state index is 5.70. The number of fused-ring (bicyclic) bond motifs is 2. The summed E-state index contributed by atoms with van der Waals surface area (Å²) in [6.07, 6.45) is 2.07. The molecule has 0 spiro atoms. The summed E-state index contributed by atoms with van der Waals surface area (Å²) in [5, 5.41) is 0. The lowest BCUT2D eigenvalue weighted by Gasteiger charge is -2.21. The second-order valence-electron chi connectivity index (χ2n) is 6.89. The first-order chi connectivity index (χ1) is 12.7. The Hall–Kier alpha value is -2.19. The fourth-order valence-electron chi connectivity index (χ4n) is 3.44. The molecule has 3 aromatic rings. The molecule has 0 bridgehead atoms. The number of ether oxygens (including phenoxy) is 1. The largest absolute Gasteiger partial charge is 0.494 e. The second kappa shape index (κ2) is 7.59. The van der Waals surface area contributed by atoms with Crippen molar-refractivity contribution in [1.29, 1.82) is 0 Å². The smallest absolute Gasteiger partial charge is 0.119 e. The summed E-state index contributed by atoms with van der Waals surface area (Å²) in [6.45, 7) is 5.19. The molecule has 26 heavy (non-hydrogen) atoms. The maximum absolute atomic E-state index is 5.70. The van der Waals surface area contributed by atoms with Gasteiger partial charge in [-0.1, -0.05) is 68.1 Å². The third-order valence-corrected chi connectivity index (χ3v) is 6.25. The first-order valence-electron chi connectivity index (χ1n) is 9.36. The van der Waals surface area contributed by atoms with Crippen molar-refractivity contribution in [2.24, 2.45) is 0 Å². The molecule has 0 N–H and O–H groups in total. The van der Waals surface area contributed by atoms with Crippen molar-refractivity contribution in [2.75, 3.05) is 6.61 Å². The third kappa shape index (κ3) is 3.52. The van der Waals surface area contributed by atoms with Gasteiger partial charge in [-0.05, 0) is 59.4 Å². The summed E-state index contributed by atoms with van der Waals surface area (Å²) in [5.74, 6) is 1.34. The Balaban J connectivity index is 1.55. The minimum atomic E-state index is 0.377. The van der Waals surface area contributed by atoms with Crippen LogP contribution in [-0.2, 0) is 6.42 Å². The lowest BCUT2D eigenvalue weighted by Crippen LogP contribution is -2.03. The molecule has 1 unspecified atom stereocenters. The third-order valence-electron chi connectivity index (χ3n) is 5.01. The minimum absolute atomic E-state index is 0.377. The molecule has 0 aliphatic carbocycles. The van der Waals surface area contributed by atoms with E-state index in [0.29, 0.717) is 5.92 Å². The van der Waals surface area contributed by atoms with Crippen molar-refractivity contribution in [3.05, 3.63) is 89.0 Å². The Kier molecular flexibility index (Phi) is 5.03. The van der Waals surface area contributed by atoms with Crippen LogP contribution in [0, 0.1) is 0 Å². The van der Waals surface area contributed by atoms with Crippen molar-refractivity contribution in [1.82, 2.24) is 0 Å². The molecule has 3 aromatic carbocycles. The van der Waals surface area contributed by atoms with E-state index in [-0.39, 0.29) is 0 Å². The van der Waals surface area contributed by atoms with Gasteiger partial charge in [-0.2, -0.15) is 0 Å². The van der Waals surface area contributed by atoms with Gasteiger partial charge in [-0.15, -0.1) is 0 Å². The highest BCUT2D eigenvalue weighted by Crippen LogP contribution is 2.40. The number of rotatable bonds is 5. The normalized spacial score (nSPS) is 13.6. The van der Waals surface area contributed by atoms with E-state index in [2.05, 4.69) is 80.6 Å². The van der Waals surface area contributed by atoms with Crippen molar-refractivity contribution in [3.8, 4) is 5.75 Å². The van der Waals surface area contributed by atoms with Gasteiger partial charge in [-0.3, -0.25) is 0 Å². The molecule has 132 valence electrons. The zero-order valence-electron chi connectivity index (χ0n) is 15.4. The minimum Gasteiger partial charge on any atom is -0.494 e. The fourth-order valence-corrected chi connectivity index (χ4v) is 4.50. The molecule has 0 saturated carbocycles. The quantitative estimate of drug-likeness (QED) is 0.392. The summed E-state index contributed by atoms with van der Waals surface area (Å²) >= 11 is 1.89. The highest BCUT2D eigenvalue weighted by Gasteiger charge is 2.17. The summed E-state index contributed by atoms with van der Waals surface area (Å²) in [4.78, 5) is 2.78. The Labute approximate surface area is 160 Å². The molecule has 4 rings (SSSR count). The number of hydrogen-bond donors (Lipinski definition) is 0. The average Bonchev–Trinajstić information content (AvgIpc) is 2.70. The van der Waals surface area contributed by atoms with Crippen LogP contribution in [0.5, 0.6) is 5.75 Å². The zero-order chi connectivity index (χ0) is 17.9. The van der Waals surface area contributed by atoms with E-state index < -0.39 is 0 Å². The van der Waals surface area contributed by atoms with Crippen LogP contribution in [0.3, 0.4) is 0 Å². The van der Waals surface area contributed by atoms with E-state index in [1.165, 1.54) is 32.0 Å². The second-order valence-corrected chi connectivity index (χ2v) is 7.98. The molecule has 0 radical (unpaired) electrons. The van der Waals surface area contributed by atoms with E-state index >= 15 is 0 Å². The van der Waals surface area contributed by atoms with Gasteiger partial charge in [0, 0.05) is 15.7 Å². The Morgan fingerprint density at radius 2 is 1.62 bits per heavy atom. The van der Waals surface area contributed by atoms with Gasteiger partial charge in [0.05, 0.1) is 6.61 Å². The molecule has 0 fully saturated rings. The van der Waals surface area contributed by atoms with Gasteiger partial charge < -0.3 is 4.74 Å². The number of hydrogen-bond acceptors (Lipinski definition) is 2. The summed E-state index contributed by atoms with van der Waals surface area (Å²) < 4.78 is 5.70. The molecule has 1 aliphatic heterocycles. The predicted octanol–water partition coefficient (Wildman–Crippen LogP) is 6.68. The van der Waals surface area contributed by atoms with Gasteiger partial charge in [-0.25, -0.2) is 0 Å². The van der Waals surface area contributed by atoms with Crippen LogP contribution in [0.2, 0.25) is 0 Å². The van der Waals surface area contributed by atoms with E-state index in [1.54, 1.807) is 0 Å². The van der Waals surface area contributed by atoms with Crippen LogP contribution in [0.4, 0.5) is 0 Å². The monoisotopic (exact) mass is 360 g/mol. The van der Waals surface area contributed by atoms with E-state index in [4.69, 9.17) is 4.74 Å². The van der Waals surface area contributed by atoms with Crippen LogP contribution < -0.4 is 4.74 Å². The molecule has 0 aromatic heterocycles. The molecular weight excluding hydrogens is 336 g/mol. The van der Waals surface area contributed by atoms with Gasteiger partial charge in [0.1, 0.15) is 5.75 Å². The van der Waals surface area contributed by atoms with Gasteiger partial charge in [0.15, 0.2) is 0 Å². The molecule has 1 nitrogen and oxygen atoms in total. The van der Waals surface area contributed by atoms with Crippen LogP contribution in [0.1, 0.15) is 48.4 Å². The van der Waals surface area contributed by atoms with E-state index in [1.807, 2.05) is 11.8 Å². The summed E-state index contributed by atoms with van der Waals surface area (Å²) in [5.41, 5.74) is 5.59. The van der Waals surface area contributed by atoms with E-state index in [0.717, 1.165) is 25.2 Å². The summed E-state index contributed by atoms with van der Waals surface area (Å²) in [6, 6.07) is 24.3. The van der Waals surface area contributed by atoms with Gasteiger partial charge >= 0.3 is 0 Å². The maximum Gasteiger partial charge on any atom is 0.119 e. The zero-order valence-corrected chi connectivity index (χ0v) is 16.2. The topological polar surface area (TPSA) is 9.23 Å². The fraction of sp³-hybridized carbons (Fsp3) is 0.250. The van der Waals surface area contributed by atoms with Crippen LogP contribution >= 0.6 is 11.8 Å². The Morgan fingerprint density at radius 3 is 2.42 bits per heavy atom. The van der Waals surface area contributed by atoms with Gasteiger partial charge in [0.2, 0.25) is 0 Å². The average molecular weight is 361 g/mol. The van der Waals surface area contributed by atoms with E-state index in [9.17, 15) is 0 Å². The van der Waals surface area contributed by atoms with Crippen LogP contribution in [0.15, 0.2) is 76.5 Å². The predicted molar refractivity (Wildman–Crippen MR) is 110 cm³/mol. The van der Waals surface area contributed by atoms with Crippen LogP contribution in [0.25, 0.3) is 0 Å². The first kappa shape index (κ1) is 17.2. The standard InChI is InChI=1S/C24H24OS/c1-3-14-25-22-11-8-18(9-12-22)17(2)19-10-13-24-21(15-19)16-20-6-4-5-7-23(20)26-24/h4-13,15,17H,3,14,16H2,1-2H3. The SMILES string of the molecule is CCCOc1ccc(C(C)c2ccc3c(c2)Cc2ccccc2S3)cc1. The molecule has 0 saturated heterocycles. The molecule has 0 amide bonds. The highest BCUT2D eigenvalue weighted by molar-refractivity contribution is 7.99. The van der Waals surface area contributed by atoms with Crippen molar-refractivity contribution in [3.63, 3.8) is 0 Å². The van der Waals surface area contributed by atoms with Crippen LogP contribution in [-0.4, -0.2) is 6.61 Å². The lowest BCUT2D eigenvalue weighted by atomic mass is 9.91. The van der Waals surface area contributed by atoms with Crippen molar-refractivity contribution in [2.45, 2.75) is 42.4 Å². The van der Waals surface area contributed by atoms with Gasteiger partial charge in [0.25, 0.3) is 0 Å². The molecule has 1 aliphatic rings. The highest BCUT2D eigenvalue weighted by atomic mass is 32.2. The molecule has 2 heteroatoms. The Morgan fingerprint density at radius 1 is 0.885 bits per heavy atom. The summed E-state index contributed by atoms with van der Waals surface area (Å²) in [7, 11) is 0. The molecule has 1 heterocycles. The molecule has 1 atom stereocenters. The lowest BCUT2D eigenvalue weighted by molar-refractivity contribution is 0.317. The molecular formula is C24H24OS.